The molecule has 3 aromatic rings. The van der Waals surface area contributed by atoms with Gasteiger partial charge in [-0.1, -0.05) is 53.7 Å². The number of thioether (sulfide) groups is 1. The average Bonchev–Trinajstić information content (AvgIpc) is 3.03. The molecule has 146 valence electrons. The van der Waals surface area contributed by atoms with Gasteiger partial charge in [0, 0.05) is 17.2 Å². The normalized spacial score (nSPS) is 11.0. The quantitative estimate of drug-likeness (QED) is 0.516. The predicted molar refractivity (Wildman–Crippen MR) is 116 cm³/mol. The first-order valence-corrected chi connectivity index (χ1v) is 10.5. The molecular weight excluding hydrogens is 440 g/mol. The van der Waals surface area contributed by atoms with Gasteiger partial charge in [-0.25, -0.2) is 0 Å². The molecule has 0 spiro atoms. The van der Waals surface area contributed by atoms with Crippen molar-refractivity contribution >= 4 is 39.3 Å². The van der Waals surface area contributed by atoms with Gasteiger partial charge in [0.05, 0.1) is 11.3 Å². The zero-order valence-corrected chi connectivity index (χ0v) is 18.2. The summed E-state index contributed by atoms with van der Waals surface area (Å²) < 4.78 is 2.59. The van der Waals surface area contributed by atoms with Gasteiger partial charge in [0.15, 0.2) is 11.0 Å². The van der Waals surface area contributed by atoms with Gasteiger partial charge in [-0.15, -0.1) is 10.2 Å². The Balaban J connectivity index is 1.64. The van der Waals surface area contributed by atoms with Gasteiger partial charge in [0.1, 0.15) is 5.75 Å². The number of benzene rings is 2. The lowest BCUT2D eigenvalue weighted by Gasteiger charge is -2.08. The fourth-order valence-corrected chi connectivity index (χ4v) is 3.71. The monoisotopic (exact) mass is 460 g/mol. The summed E-state index contributed by atoms with van der Waals surface area (Å²) in [6.45, 7) is 4.26. The van der Waals surface area contributed by atoms with Crippen LogP contribution < -0.4 is 5.32 Å². The first kappa shape index (κ1) is 20.4. The number of phenolic OH excluding ortho intramolecular Hbond substituents is 1. The average molecular weight is 461 g/mol. The van der Waals surface area contributed by atoms with Crippen molar-refractivity contribution in [1.82, 2.24) is 14.8 Å². The summed E-state index contributed by atoms with van der Waals surface area (Å²) >= 11 is 4.68. The third-order valence-electron chi connectivity index (χ3n) is 4.23. The Bertz CT molecular complexity index is 986. The molecule has 0 aliphatic carbocycles. The van der Waals surface area contributed by atoms with Gasteiger partial charge in [-0.05, 0) is 41.8 Å². The Kier molecular flexibility index (Phi) is 6.41. The first-order valence-electron chi connectivity index (χ1n) is 8.76. The van der Waals surface area contributed by atoms with Gasteiger partial charge in [0.2, 0.25) is 5.91 Å². The molecular formula is C20H21BrN4O2S. The van der Waals surface area contributed by atoms with E-state index in [0.29, 0.717) is 22.5 Å². The molecule has 2 aromatic carbocycles. The third kappa shape index (κ3) is 4.74. The maximum atomic E-state index is 12.3. The standard InChI is InChI=1S/C20H21BrN4O2S/c1-12(2)13-4-7-15(8-5-13)22-18(27)11-28-20-24-23-19(25(20)3)16-10-14(21)6-9-17(16)26/h4-10,12,26H,11H2,1-3H3,(H,22,27). The van der Waals surface area contributed by atoms with Crippen LogP contribution >= 0.6 is 27.7 Å². The highest BCUT2D eigenvalue weighted by Gasteiger charge is 2.16. The minimum atomic E-state index is -0.114. The second kappa shape index (κ2) is 8.79. The second-order valence-corrected chi connectivity index (χ2v) is 8.50. The van der Waals surface area contributed by atoms with Crippen LogP contribution in [0.2, 0.25) is 0 Å². The van der Waals surface area contributed by atoms with Gasteiger partial charge in [-0.3, -0.25) is 4.79 Å². The predicted octanol–water partition coefficient (Wildman–Crippen LogP) is 4.80. The van der Waals surface area contributed by atoms with Crippen LogP contribution in [0.4, 0.5) is 5.69 Å². The molecule has 0 aliphatic heterocycles. The molecule has 0 saturated carbocycles. The molecule has 0 radical (unpaired) electrons. The third-order valence-corrected chi connectivity index (χ3v) is 5.74. The molecule has 1 amide bonds. The molecule has 0 unspecified atom stereocenters. The number of rotatable bonds is 6. The molecule has 1 heterocycles. The van der Waals surface area contributed by atoms with Crippen molar-refractivity contribution in [2.45, 2.75) is 24.9 Å². The van der Waals surface area contributed by atoms with E-state index in [4.69, 9.17) is 0 Å². The lowest BCUT2D eigenvalue weighted by molar-refractivity contribution is -0.113. The van der Waals surface area contributed by atoms with Crippen molar-refractivity contribution in [2.24, 2.45) is 7.05 Å². The van der Waals surface area contributed by atoms with Crippen molar-refractivity contribution in [2.75, 3.05) is 11.1 Å². The molecule has 2 N–H and O–H groups in total. The van der Waals surface area contributed by atoms with Crippen LogP contribution in [0.5, 0.6) is 5.75 Å². The highest BCUT2D eigenvalue weighted by atomic mass is 79.9. The lowest BCUT2D eigenvalue weighted by atomic mass is 10.0. The SMILES string of the molecule is CC(C)c1ccc(NC(=O)CSc2nnc(-c3cc(Br)ccc3O)n2C)cc1. The number of carbonyl (C=O) groups excluding carboxylic acids is 1. The summed E-state index contributed by atoms with van der Waals surface area (Å²) in [4.78, 5) is 12.3. The molecule has 0 aliphatic rings. The minimum Gasteiger partial charge on any atom is -0.507 e. The van der Waals surface area contributed by atoms with Gasteiger partial charge < -0.3 is 15.0 Å². The Morgan fingerprint density at radius 3 is 2.61 bits per heavy atom. The van der Waals surface area contributed by atoms with Crippen LogP contribution in [-0.2, 0) is 11.8 Å². The van der Waals surface area contributed by atoms with Crippen LogP contribution in [-0.4, -0.2) is 31.5 Å². The number of amides is 1. The summed E-state index contributed by atoms with van der Waals surface area (Å²) in [5.74, 6) is 1.21. The summed E-state index contributed by atoms with van der Waals surface area (Å²) in [5.41, 5.74) is 2.58. The number of anilines is 1. The molecule has 8 heteroatoms. The smallest absolute Gasteiger partial charge is 0.234 e. The summed E-state index contributed by atoms with van der Waals surface area (Å²) in [6, 6.07) is 13.0. The Labute approximate surface area is 176 Å². The molecule has 0 saturated heterocycles. The van der Waals surface area contributed by atoms with E-state index in [0.717, 1.165) is 10.2 Å². The van der Waals surface area contributed by atoms with Crippen molar-refractivity contribution in [3.05, 3.63) is 52.5 Å². The zero-order valence-electron chi connectivity index (χ0n) is 15.8. The van der Waals surface area contributed by atoms with Crippen molar-refractivity contribution in [1.29, 1.82) is 0 Å². The van der Waals surface area contributed by atoms with Crippen LogP contribution in [0.1, 0.15) is 25.3 Å². The Morgan fingerprint density at radius 2 is 1.93 bits per heavy atom. The number of nitrogens with one attached hydrogen (secondary N) is 1. The molecule has 0 fully saturated rings. The molecule has 6 nitrogen and oxygen atoms in total. The number of hydrogen-bond acceptors (Lipinski definition) is 5. The number of hydrogen-bond donors (Lipinski definition) is 2. The fraction of sp³-hybridized carbons (Fsp3) is 0.250. The van der Waals surface area contributed by atoms with Crippen LogP contribution in [0.15, 0.2) is 52.1 Å². The van der Waals surface area contributed by atoms with Crippen LogP contribution in [0.25, 0.3) is 11.4 Å². The van der Waals surface area contributed by atoms with Crippen molar-refractivity contribution in [3.8, 4) is 17.1 Å². The topological polar surface area (TPSA) is 80.0 Å². The molecule has 0 atom stereocenters. The van der Waals surface area contributed by atoms with Crippen molar-refractivity contribution < 1.29 is 9.90 Å². The number of nitrogens with zero attached hydrogens (tertiary/aromatic N) is 3. The Morgan fingerprint density at radius 1 is 1.21 bits per heavy atom. The molecule has 0 bridgehead atoms. The maximum absolute atomic E-state index is 12.3. The summed E-state index contributed by atoms with van der Waals surface area (Å²) in [6.07, 6.45) is 0. The van der Waals surface area contributed by atoms with Crippen LogP contribution in [0, 0.1) is 0 Å². The number of aromatic hydroxyl groups is 1. The van der Waals surface area contributed by atoms with Crippen molar-refractivity contribution in [3.63, 3.8) is 0 Å². The minimum absolute atomic E-state index is 0.114. The fourth-order valence-electron chi connectivity index (χ4n) is 2.64. The number of halogens is 1. The van der Waals surface area contributed by atoms with E-state index < -0.39 is 0 Å². The van der Waals surface area contributed by atoms with E-state index in [9.17, 15) is 9.90 Å². The van der Waals surface area contributed by atoms with Gasteiger partial charge >= 0.3 is 0 Å². The Hall–Kier alpha value is -2.32. The number of phenols is 1. The first-order chi connectivity index (χ1) is 13.3. The van der Waals surface area contributed by atoms with Gasteiger partial charge in [-0.2, -0.15) is 0 Å². The highest BCUT2D eigenvalue weighted by molar-refractivity contribution is 9.10. The van der Waals surface area contributed by atoms with Gasteiger partial charge in [0.25, 0.3) is 0 Å². The molecule has 28 heavy (non-hydrogen) atoms. The lowest BCUT2D eigenvalue weighted by Crippen LogP contribution is -2.14. The molecule has 1 aromatic heterocycles. The van der Waals surface area contributed by atoms with E-state index in [1.165, 1.54) is 17.3 Å². The maximum Gasteiger partial charge on any atom is 0.234 e. The summed E-state index contributed by atoms with van der Waals surface area (Å²) in [5, 5.41) is 21.9. The second-order valence-electron chi connectivity index (χ2n) is 6.64. The number of carbonyl (C=O) groups is 1. The highest BCUT2D eigenvalue weighted by Crippen LogP contribution is 2.32. The van der Waals surface area contributed by atoms with E-state index in [-0.39, 0.29) is 17.4 Å². The van der Waals surface area contributed by atoms with E-state index >= 15 is 0 Å². The summed E-state index contributed by atoms with van der Waals surface area (Å²) in [7, 11) is 1.81. The van der Waals surface area contributed by atoms with E-state index in [1.807, 2.05) is 24.3 Å². The largest absolute Gasteiger partial charge is 0.507 e. The molecule has 3 rings (SSSR count). The van der Waals surface area contributed by atoms with Crippen LogP contribution in [0.3, 0.4) is 0 Å². The van der Waals surface area contributed by atoms with E-state index in [1.54, 1.807) is 29.8 Å². The zero-order chi connectivity index (χ0) is 20.3. The number of aromatic nitrogens is 3. The van der Waals surface area contributed by atoms with E-state index in [2.05, 4.69) is 45.3 Å².